The Labute approximate surface area is 184 Å². The highest BCUT2D eigenvalue weighted by molar-refractivity contribution is 5.99. The number of anilines is 1. The standard InChI is InChI=1S/C21H21F6N3O3/c1-12-7-17(29-33-12)28-18(31)11-30(16-5-3-2-4-6-16)19(32)13-8-14(20(22,23)24)10-15(9-13)21(25,26)27/h7-10,16H,2-6,11H2,1H3,(H,28,29,31). The van der Waals surface area contributed by atoms with Gasteiger partial charge < -0.3 is 14.7 Å². The molecular formula is C21H21F6N3O3. The number of carbonyl (C=O) groups excluding carboxylic acids is 2. The molecule has 3 rings (SSSR count). The molecule has 2 amide bonds. The van der Waals surface area contributed by atoms with Gasteiger partial charge in [-0.15, -0.1) is 0 Å². The Morgan fingerprint density at radius 3 is 2.06 bits per heavy atom. The number of halogens is 6. The van der Waals surface area contributed by atoms with E-state index in [0.717, 1.165) is 24.2 Å². The van der Waals surface area contributed by atoms with Crippen LogP contribution in [0.1, 0.15) is 59.3 Å². The maximum atomic E-state index is 13.2. The van der Waals surface area contributed by atoms with E-state index in [1.54, 1.807) is 6.92 Å². The number of alkyl halides is 6. The van der Waals surface area contributed by atoms with Crippen molar-refractivity contribution in [2.75, 3.05) is 11.9 Å². The second-order valence-electron chi connectivity index (χ2n) is 7.89. The monoisotopic (exact) mass is 477 g/mol. The number of carbonyl (C=O) groups is 2. The van der Waals surface area contributed by atoms with E-state index >= 15 is 0 Å². The zero-order chi connectivity index (χ0) is 24.4. The summed E-state index contributed by atoms with van der Waals surface area (Å²) in [6, 6.07) is 1.65. The Hall–Kier alpha value is -3.05. The van der Waals surface area contributed by atoms with Crippen LogP contribution in [0.5, 0.6) is 0 Å². The topological polar surface area (TPSA) is 75.4 Å². The molecule has 6 nitrogen and oxygen atoms in total. The summed E-state index contributed by atoms with van der Waals surface area (Å²) < 4.78 is 84.3. The van der Waals surface area contributed by atoms with Gasteiger partial charge in [-0.1, -0.05) is 24.4 Å². The number of hydrogen-bond donors (Lipinski definition) is 1. The van der Waals surface area contributed by atoms with Crippen LogP contribution in [0.2, 0.25) is 0 Å². The number of nitrogens with zero attached hydrogens (tertiary/aromatic N) is 2. The summed E-state index contributed by atoms with van der Waals surface area (Å²) in [6.07, 6.45) is -6.91. The van der Waals surface area contributed by atoms with Gasteiger partial charge in [0.1, 0.15) is 12.3 Å². The van der Waals surface area contributed by atoms with E-state index in [1.165, 1.54) is 6.07 Å². The van der Waals surface area contributed by atoms with Crippen molar-refractivity contribution in [1.29, 1.82) is 0 Å². The largest absolute Gasteiger partial charge is 0.416 e. The Morgan fingerprint density at radius 2 is 1.58 bits per heavy atom. The normalized spacial score (nSPS) is 15.4. The van der Waals surface area contributed by atoms with Crippen LogP contribution in [0, 0.1) is 6.92 Å². The Bertz CT molecular complexity index is 977. The third kappa shape index (κ3) is 6.26. The van der Waals surface area contributed by atoms with Gasteiger partial charge in [0.15, 0.2) is 5.82 Å². The van der Waals surface area contributed by atoms with Gasteiger partial charge in [-0.05, 0) is 38.0 Å². The van der Waals surface area contributed by atoms with Crippen molar-refractivity contribution in [3.8, 4) is 0 Å². The first-order valence-corrected chi connectivity index (χ1v) is 10.2. The molecule has 33 heavy (non-hydrogen) atoms. The number of rotatable bonds is 5. The first-order valence-electron chi connectivity index (χ1n) is 10.2. The van der Waals surface area contributed by atoms with Crippen molar-refractivity contribution in [3.63, 3.8) is 0 Å². The van der Waals surface area contributed by atoms with Crippen LogP contribution in [-0.2, 0) is 17.1 Å². The third-order valence-electron chi connectivity index (χ3n) is 5.32. The van der Waals surface area contributed by atoms with Gasteiger partial charge in [0.2, 0.25) is 5.91 Å². The molecule has 1 fully saturated rings. The van der Waals surface area contributed by atoms with Crippen LogP contribution in [0.4, 0.5) is 32.2 Å². The molecular weight excluding hydrogens is 456 g/mol. The second kappa shape index (κ2) is 9.44. The number of aromatic nitrogens is 1. The summed E-state index contributed by atoms with van der Waals surface area (Å²) in [6.45, 7) is 1.03. The number of amides is 2. The van der Waals surface area contributed by atoms with Crippen LogP contribution in [0.3, 0.4) is 0 Å². The van der Waals surface area contributed by atoms with Crippen LogP contribution < -0.4 is 5.32 Å². The molecule has 1 aliphatic carbocycles. The summed E-state index contributed by atoms with van der Waals surface area (Å²) in [5.41, 5.74) is -3.97. The Kier molecular flexibility index (Phi) is 7.03. The van der Waals surface area contributed by atoms with Crippen LogP contribution in [0.15, 0.2) is 28.8 Å². The molecule has 1 saturated carbocycles. The third-order valence-corrected chi connectivity index (χ3v) is 5.32. The van der Waals surface area contributed by atoms with Crippen molar-refractivity contribution in [3.05, 3.63) is 46.7 Å². The molecule has 0 atom stereocenters. The lowest BCUT2D eigenvalue weighted by Gasteiger charge is -2.34. The number of aryl methyl sites for hydroxylation is 1. The summed E-state index contributed by atoms with van der Waals surface area (Å²) in [5.74, 6) is -1.30. The van der Waals surface area contributed by atoms with E-state index in [2.05, 4.69) is 10.5 Å². The van der Waals surface area contributed by atoms with Crippen LogP contribution in [0.25, 0.3) is 0 Å². The van der Waals surface area contributed by atoms with E-state index in [4.69, 9.17) is 4.52 Å². The second-order valence-corrected chi connectivity index (χ2v) is 7.89. The molecule has 12 heteroatoms. The molecule has 1 heterocycles. The molecule has 1 N–H and O–H groups in total. The SMILES string of the molecule is Cc1cc(NC(=O)CN(C(=O)c2cc(C(F)(F)F)cc(C(F)(F)F)c2)C2CCCCC2)no1. The fourth-order valence-electron chi connectivity index (χ4n) is 3.77. The molecule has 0 saturated heterocycles. The molecule has 0 bridgehead atoms. The fourth-order valence-corrected chi connectivity index (χ4v) is 3.77. The van der Waals surface area contributed by atoms with E-state index in [-0.39, 0.29) is 11.9 Å². The van der Waals surface area contributed by atoms with E-state index in [1.807, 2.05) is 0 Å². The van der Waals surface area contributed by atoms with Gasteiger partial charge in [0.05, 0.1) is 11.1 Å². The van der Waals surface area contributed by atoms with Gasteiger partial charge in [0.25, 0.3) is 5.91 Å². The predicted octanol–water partition coefficient (Wildman–Crippen LogP) is 5.43. The molecule has 2 aromatic rings. The van der Waals surface area contributed by atoms with Crippen LogP contribution >= 0.6 is 0 Å². The van der Waals surface area contributed by atoms with Gasteiger partial charge in [-0.2, -0.15) is 26.3 Å². The highest BCUT2D eigenvalue weighted by Gasteiger charge is 2.38. The lowest BCUT2D eigenvalue weighted by molar-refractivity contribution is -0.143. The van der Waals surface area contributed by atoms with E-state index in [0.29, 0.717) is 30.7 Å². The van der Waals surface area contributed by atoms with Crippen molar-refractivity contribution in [1.82, 2.24) is 10.1 Å². The van der Waals surface area contributed by atoms with Crippen molar-refractivity contribution in [2.24, 2.45) is 0 Å². The zero-order valence-corrected chi connectivity index (χ0v) is 17.5. The average molecular weight is 477 g/mol. The lowest BCUT2D eigenvalue weighted by Crippen LogP contribution is -2.45. The molecule has 1 aromatic carbocycles. The summed E-state index contributed by atoms with van der Waals surface area (Å²) >= 11 is 0. The fraction of sp³-hybridized carbons (Fsp3) is 0.476. The Morgan fingerprint density at radius 1 is 1.00 bits per heavy atom. The minimum absolute atomic E-state index is 0.0403. The maximum Gasteiger partial charge on any atom is 0.416 e. The first-order chi connectivity index (χ1) is 15.3. The molecule has 180 valence electrons. The van der Waals surface area contributed by atoms with E-state index in [9.17, 15) is 35.9 Å². The smallest absolute Gasteiger partial charge is 0.360 e. The van der Waals surface area contributed by atoms with Crippen molar-refractivity contribution in [2.45, 2.75) is 57.4 Å². The molecule has 1 aliphatic rings. The van der Waals surface area contributed by atoms with Gasteiger partial charge >= 0.3 is 12.4 Å². The number of hydrogen-bond acceptors (Lipinski definition) is 4. The molecule has 0 spiro atoms. The van der Waals surface area contributed by atoms with E-state index < -0.39 is 53.4 Å². The van der Waals surface area contributed by atoms with Gasteiger partial charge in [0, 0.05) is 17.7 Å². The highest BCUT2D eigenvalue weighted by atomic mass is 19.4. The first kappa shape index (κ1) is 24.6. The maximum absolute atomic E-state index is 13.2. The van der Waals surface area contributed by atoms with Gasteiger partial charge in [-0.3, -0.25) is 9.59 Å². The van der Waals surface area contributed by atoms with Crippen molar-refractivity contribution >= 4 is 17.6 Å². The predicted molar refractivity (Wildman–Crippen MR) is 104 cm³/mol. The lowest BCUT2D eigenvalue weighted by atomic mass is 9.93. The minimum atomic E-state index is -5.09. The molecule has 0 radical (unpaired) electrons. The molecule has 0 unspecified atom stereocenters. The van der Waals surface area contributed by atoms with Crippen LogP contribution in [-0.4, -0.2) is 34.5 Å². The number of benzene rings is 1. The minimum Gasteiger partial charge on any atom is -0.360 e. The molecule has 1 aromatic heterocycles. The summed E-state index contributed by atoms with van der Waals surface area (Å²) in [4.78, 5) is 26.7. The summed E-state index contributed by atoms with van der Waals surface area (Å²) in [7, 11) is 0. The quantitative estimate of drug-likeness (QED) is 0.583. The highest BCUT2D eigenvalue weighted by Crippen LogP contribution is 2.37. The average Bonchev–Trinajstić information content (AvgIpc) is 3.15. The molecule has 0 aliphatic heterocycles. The zero-order valence-electron chi connectivity index (χ0n) is 17.5. The Balaban J connectivity index is 1.94. The number of nitrogens with one attached hydrogen (secondary N) is 1. The van der Waals surface area contributed by atoms with Crippen molar-refractivity contribution < 1.29 is 40.5 Å². The van der Waals surface area contributed by atoms with Gasteiger partial charge in [-0.25, -0.2) is 0 Å². The summed E-state index contributed by atoms with van der Waals surface area (Å²) in [5, 5.41) is 6.01.